The first kappa shape index (κ1) is 29.4. The summed E-state index contributed by atoms with van der Waals surface area (Å²) in [5.41, 5.74) is -1.53. The Labute approximate surface area is 225 Å². The summed E-state index contributed by atoms with van der Waals surface area (Å²) in [5, 5.41) is 21.7. The first-order valence-corrected chi connectivity index (χ1v) is 12.4. The fraction of sp³-hybridized carbons (Fsp3) is 0.423. The SMILES string of the molecule is CC(C)C[C@H](CC(=O)[C@H](Cc1ccccc1)NC(=O)c1cnccn1)B1OC(=O)CC(CC(=O)O)(C(=O)O)O1. The number of Topliss-reactive ketones (excluding diaryl/α,β-unsaturated/α-hetero) is 1. The van der Waals surface area contributed by atoms with Crippen LogP contribution >= 0.6 is 0 Å². The molecule has 1 fully saturated rings. The van der Waals surface area contributed by atoms with E-state index in [0.29, 0.717) is 6.42 Å². The van der Waals surface area contributed by atoms with Crippen LogP contribution in [0.4, 0.5) is 0 Å². The van der Waals surface area contributed by atoms with Crippen LogP contribution in [0.2, 0.25) is 5.82 Å². The number of hydrogen-bond donors (Lipinski definition) is 3. The van der Waals surface area contributed by atoms with Crippen molar-refractivity contribution in [2.45, 2.75) is 63.4 Å². The van der Waals surface area contributed by atoms with Crippen molar-refractivity contribution in [3.05, 3.63) is 60.2 Å². The van der Waals surface area contributed by atoms with Crippen LogP contribution in [-0.2, 0) is 34.9 Å². The molecule has 1 aliphatic heterocycles. The number of nitrogens with zero attached hydrogens (tertiary/aromatic N) is 2. The summed E-state index contributed by atoms with van der Waals surface area (Å²) < 4.78 is 11.0. The lowest BCUT2D eigenvalue weighted by Gasteiger charge is -2.37. The highest BCUT2D eigenvalue weighted by atomic mass is 16.6. The maximum absolute atomic E-state index is 13.6. The van der Waals surface area contributed by atoms with Crippen LogP contribution in [0, 0.1) is 5.92 Å². The quantitative estimate of drug-likeness (QED) is 0.316. The zero-order chi connectivity index (χ0) is 28.6. The Morgan fingerprint density at radius 2 is 1.85 bits per heavy atom. The topological polar surface area (TPSA) is 182 Å². The van der Waals surface area contributed by atoms with E-state index in [1.54, 1.807) is 24.3 Å². The van der Waals surface area contributed by atoms with Crippen molar-refractivity contribution < 1.29 is 43.5 Å². The largest absolute Gasteiger partial charge is 0.531 e. The van der Waals surface area contributed by atoms with Crippen molar-refractivity contribution in [1.29, 1.82) is 0 Å². The number of aliphatic carboxylic acids is 2. The number of nitrogens with one attached hydrogen (secondary N) is 1. The van der Waals surface area contributed by atoms with Crippen molar-refractivity contribution in [1.82, 2.24) is 15.3 Å². The van der Waals surface area contributed by atoms with E-state index in [2.05, 4.69) is 15.3 Å². The molecule has 1 aromatic carbocycles. The smallest absolute Gasteiger partial charge is 0.509 e. The second kappa shape index (κ2) is 13.1. The molecule has 0 radical (unpaired) electrons. The number of carboxylic acids is 2. The molecule has 3 rings (SSSR count). The Morgan fingerprint density at radius 3 is 2.44 bits per heavy atom. The van der Waals surface area contributed by atoms with Crippen LogP contribution in [0.25, 0.3) is 0 Å². The van der Waals surface area contributed by atoms with Gasteiger partial charge in [0.2, 0.25) is 0 Å². The van der Waals surface area contributed by atoms with Crippen LogP contribution in [0.1, 0.15) is 55.6 Å². The molecular weight excluding hydrogens is 509 g/mol. The van der Waals surface area contributed by atoms with Gasteiger partial charge in [0.1, 0.15) is 5.69 Å². The number of carbonyl (C=O) groups is 5. The van der Waals surface area contributed by atoms with Crippen molar-refractivity contribution >= 4 is 36.7 Å². The number of carbonyl (C=O) groups excluding carboxylic acids is 3. The standard InChI is InChI=1S/C26H30BN3O9/c1-16(2)10-18(27-38-23(34)14-26(39-27,25(36)37)13-22(32)33)12-21(31)19(11-17-6-4-3-5-7-17)30-24(35)20-15-28-8-9-29-20/h3-9,15-16,18-19H,10-14H2,1-2H3,(H,30,35)(H,32,33)(H,36,37)/t18-,19+,26?/m1/s1. The molecule has 1 aromatic heterocycles. The number of aromatic nitrogens is 2. The third-order valence-corrected chi connectivity index (χ3v) is 6.24. The molecule has 0 bridgehead atoms. The maximum Gasteiger partial charge on any atom is 0.531 e. The Bertz CT molecular complexity index is 1190. The molecule has 2 heterocycles. The second-order valence-electron chi connectivity index (χ2n) is 9.89. The van der Waals surface area contributed by atoms with Crippen LogP contribution in [0.15, 0.2) is 48.9 Å². The minimum Gasteiger partial charge on any atom is -0.509 e. The van der Waals surface area contributed by atoms with Crippen LogP contribution < -0.4 is 5.32 Å². The molecular formula is C26H30BN3O9. The van der Waals surface area contributed by atoms with Gasteiger partial charge in [-0.2, -0.15) is 0 Å². The molecule has 1 amide bonds. The van der Waals surface area contributed by atoms with E-state index in [1.807, 2.05) is 19.9 Å². The van der Waals surface area contributed by atoms with Gasteiger partial charge in [-0.3, -0.25) is 24.2 Å². The van der Waals surface area contributed by atoms with Crippen molar-refractivity contribution in [3.8, 4) is 0 Å². The monoisotopic (exact) mass is 539 g/mol. The van der Waals surface area contributed by atoms with Gasteiger partial charge in [0.15, 0.2) is 11.4 Å². The molecule has 1 aliphatic rings. The average Bonchev–Trinajstić information content (AvgIpc) is 2.87. The van der Waals surface area contributed by atoms with Gasteiger partial charge in [0.05, 0.1) is 25.1 Å². The van der Waals surface area contributed by atoms with E-state index in [4.69, 9.17) is 9.31 Å². The zero-order valence-corrected chi connectivity index (χ0v) is 21.6. The maximum atomic E-state index is 13.6. The molecule has 0 spiro atoms. The Kier molecular flexibility index (Phi) is 9.88. The van der Waals surface area contributed by atoms with Gasteiger partial charge in [0, 0.05) is 24.6 Å². The third kappa shape index (κ3) is 8.18. The molecule has 0 saturated carbocycles. The molecule has 1 saturated heterocycles. The van der Waals surface area contributed by atoms with Crippen molar-refractivity contribution in [2.75, 3.05) is 0 Å². The number of rotatable bonds is 13. The Balaban J connectivity index is 1.87. The molecule has 206 valence electrons. The fourth-order valence-electron chi connectivity index (χ4n) is 4.48. The zero-order valence-electron chi connectivity index (χ0n) is 21.6. The third-order valence-electron chi connectivity index (χ3n) is 6.24. The van der Waals surface area contributed by atoms with Crippen LogP contribution in [-0.4, -0.2) is 68.5 Å². The highest BCUT2D eigenvalue weighted by Crippen LogP contribution is 2.36. The summed E-state index contributed by atoms with van der Waals surface area (Å²) in [7, 11) is -1.47. The number of amides is 1. The molecule has 0 aliphatic carbocycles. The van der Waals surface area contributed by atoms with Gasteiger partial charge >= 0.3 is 19.1 Å². The first-order valence-electron chi connectivity index (χ1n) is 12.4. The number of carboxylic acid groups (broad SMARTS) is 2. The predicted octanol–water partition coefficient (Wildman–Crippen LogP) is 1.94. The van der Waals surface area contributed by atoms with Gasteiger partial charge < -0.3 is 24.8 Å². The fourth-order valence-corrected chi connectivity index (χ4v) is 4.48. The molecule has 39 heavy (non-hydrogen) atoms. The molecule has 12 nitrogen and oxygen atoms in total. The van der Waals surface area contributed by atoms with E-state index in [9.17, 15) is 34.2 Å². The first-order chi connectivity index (χ1) is 18.5. The summed E-state index contributed by atoms with van der Waals surface area (Å²) in [4.78, 5) is 70.2. The minimum atomic E-state index is -2.33. The van der Waals surface area contributed by atoms with Crippen molar-refractivity contribution in [3.63, 3.8) is 0 Å². The van der Waals surface area contributed by atoms with Gasteiger partial charge in [-0.15, -0.1) is 0 Å². The lowest BCUT2D eigenvalue weighted by Crippen LogP contribution is -2.56. The Hall–Kier alpha value is -4.13. The normalized spacial score (nSPS) is 18.6. The van der Waals surface area contributed by atoms with E-state index in [0.717, 1.165) is 5.56 Å². The summed E-state index contributed by atoms with van der Waals surface area (Å²) in [5.74, 6) is -5.85. The minimum absolute atomic E-state index is 0.0200. The highest BCUT2D eigenvalue weighted by Gasteiger charge is 2.54. The molecule has 2 aromatic rings. The number of hydrogen-bond acceptors (Lipinski definition) is 9. The lowest BCUT2D eigenvalue weighted by molar-refractivity contribution is -0.175. The summed E-state index contributed by atoms with van der Waals surface area (Å²) >= 11 is 0. The van der Waals surface area contributed by atoms with Gasteiger partial charge in [-0.1, -0.05) is 44.2 Å². The van der Waals surface area contributed by atoms with E-state index in [-0.39, 0.29) is 24.5 Å². The summed E-state index contributed by atoms with van der Waals surface area (Å²) in [6, 6.07) is 8.02. The van der Waals surface area contributed by atoms with E-state index >= 15 is 0 Å². The lowest BCUT2D eigenvalue weighted by atomic mass is 9.63. The van der Waals surface area contributed by atoms with Gasteiger partial charge in [-0.25, -0.2) is 9.78 Å². The van der Waals surface area contributed by atoms with Gasteiger partial charge in [-0.05, 0) is 24.3 Å². The molecule has 13 heteroatoms. The van der Waals surface area contributed by atoms with Crippen LogP contribution in [0.5, 0.6) is 0 Å². The van der Waals surface area contributed by atoms with Gasteiger partial charge in [0.25, 0.3) is 11.9 Å². The Morgan fingerprint density at radius 1 is 1.13 bits per heavy atom. The van der Waals surface area contributed by atoms with Crippen LogP contribution in [0.3, 0.4) is 0 Å². The highest BCUT2D eigenvalue weighted by molar-refractivity contribution is 6.50. The molecule has 3 atom stereocenters. The number of ketones is 1. The summed E-state index contributed by atoms with van der Waals surface area (Å²) in [6.07, 6.45) is 2.50. The van der Waals surface area contributed by atoms with Crippen molar-refractivity contribution in [2.24, 2.45) is 5.92 Å². The average molecular weight is 539 g/mol. The molecule has 3 N–H and O–H groups in total. The summed E-state index contributed by atoms with van der Waals surface area (Å²) in [6.45, 7) is 3.72. The van der Waals surface area contributed by atoms with E-state index < -0.39 is 67.0 Å². The molecule has 1 unspecified atom stereocenters. The predicted molar refractivity (Wildman–Crippen MR) is 136 cm³/mol. The number of benzene rings is 1. The van der Waals surface area contributed by atoms with E-state index in [1.165, 1.54) is 18.6 Å². The second-order valence-corrected chi connectivity index (χ2v) is 9.89.